The van der Waals surface area contributed by atoms with Gasteiger partial charge in [0, 0.05) is 10.6 Å². The Balaban J connectivity index is 2.38. The minimum absolute atomic E-state index is 0.118. The number of carbonyl (C=O) groups is 2. The topological polar surface area (TPSA) is 57.6 Å². The van der Waals surface area contributed by atoms with Crippen molar-refractivity contribution in [2.45, 2.75) is 29.7 Å². The normalized spacial score (nSPS) is 21.6. The highest BCUT2D eigenvalue weighted by Crippen LogP contribution is 2.34. The van der Waals surface area contributed by atoms with E-state index in [9.17, 15) is 14.7 Å². The lowest BCUT2D eigenvalue weighted by atomic mass is 10.1. The van der Waals surface area contributed by atoms with Crippen LogP contribution in [0.1, 0.15) is 23.7 Å². The molecular weight excluding hydrogens is 330 g/mol. The lowest BCUT2D eigenvalue weighted by Crippen LogP contribution is -2.45. The number of halogens is 1. The largest absolute Gasteiger partial charge is 0.480 e. The highest BCUT2D eigenvalue weighted by molar-refractivity contribution is 8.00. The Kier molecular flexibility index (Phi) is 5.46. The molecule has 7 heteroatoms. The number of rotatable bonds is 4. The number of hydrogen-bond donors (Lipinski definition) is 1. The molecule has 0 aliphatic carbocycles. The van der Waals surface area contributed by atoms with Crippen LogP contribution >= 0.6 is 35.1 Å². The molecule has 1 aliphatic rings. The Hall–Kier alpha value is -0.850. The molecule has 2 atom stereocenters. The maximum atomic E-state index is 12.8. The lowest BCUT2D eigenvalue weighted by molar-refractivity contribution is -0.141. The second-order valence-corrected chi connectivity index (χ2v) is 7.11. The Labute approximate surface area is 137 Å². The predicted molar refractivity (Wildman–Crippen MR) is 87.4 cm³/mol. The van der Waals surface area contributed by atoms with Crippen molar-refractivity contribution in [2.75, 3.05) is 12.0 Å². The molecule has 0 radical (unpaired) electrons. The van der Waals surface area contributed by atoms with E-state index < -0.39 is 12.0 Å². The second-order valence-electron chi connectivity index (χ2n) is 4.61. The van der Waals surface area contributed by atoms with Gasteiger partial charge in [0.25, 0.3) is 5.91 Å². The van der Waals surface area contributed by atoms with Crippen LogP contribution < -0.4 is 0 Å². The summed E-state index contributed by atoms with van der Waals surface area (Å²) in [5.74, 6) is -0.858. The first-order valence-corrected chi connectivity index (χ1v) is 9.15. The molecule has 114 valence electrons. The van der Waals surface area contributed by atoms with E-state index in [4.69, 9.17) is 11.6 Å². The van der Waals surface area contributed by atoms with Gasteiger partial charge in [-0.1, -0.05) is 18.5 Å². The van der Waals surface area contributed by atoms with Gasteiger partial charge in [-0.2, -0.15) is 0 Å². The average Bonchev–Trinajstić information content (AvgIpc) is 2.91. The number of aliphatic carboxylic acids is 1. The highest BCUT2D eigenvalue weighted by atomic mass is 35.5. The number of amides is 1. The molecule has 0 bridgehead atoms. The molecule has 0 saturated carbocycles. The van der Waals surface area contributed by atoms with Gasteiger partial charge < -0.3 is 10.0 Å². The zero-order chi connectivity index (χ0) is 15.6. The fourth-order valence-electron chi connectivity index (χ4n) is 2.27. The Bertz CT molecular complexity index is 567. The third kappa shape index (κ3) is 3.33. The SMILES string of the molecule is CCC1SCC(C(=O)O)N1C(=O)c1cc(SC)ccc1Cl. The summed E-state index contributed by atoms with van der Waals surface area (Å²) >= 11 is 9.15. The predicted octanol–water partition coefficient (Wildman–Crippen LogP) is 3.44. The molecule has 1 aliphatic heterocycles. The summed E-state index contributed by atoms with van der Waals surface area (Å²) in [5, 5.41) is 9.56. The summed E-state index contributed by atoms with van der Waals surface area (Å²) < 4.78 is 0. The van der Waals surface area contributed by atoms with E-state index >= 15 is 0 Å². The maximum Gasteiger partial charge on any atom is 0.327 e. The Morgan fingerprint density at radius 3 is 2.81 bits per heavy atom. The van der Waals surface area contributed by atoms with Gasteiger partial charge >= 0.3 is 5.97 Å². The molecule has 1 aromatic carbocycles. The van der Waals surface area contributed by atoms with Gasteiger partial charge in [0.05, 0.1) is 16.0 Å². The maximum absolute atomic E-state index is 12.8. The van der Waals surface area contributed by atoms with Crippen molar-refractivity contribution in [3.63, 3.8) is 0 Å². The average molecular weight is 346 g/mol. The number of carboxylic acid groups (broad SMARTS) is 1. The van der Waals surface area contributed by atoms with Crippen molar-refractivity contribution in [3.8, 4) is 0 Å². The van der Waals surface area contributed by atoms with Crippen LogP contribution in [0.5, 0.6) is 0 Å². The molecule has 1 aromatic rings. The summed E-state index contributed by atoms with van der Waals surface area (Å²) in [6, 6.07) is 4.46. The first-order valence-electron chi connectivity index (χ1n) is 6.50. The van der Waals surface area contributed by atoms with Crippen LogP contribution in [0.2, 0.25) is 5.02 Å². The van der Waals surface area contributed by atoms with Crippen LogP contribution in [0.4, 0.5) is 0 Å². The fraction of sp³-hybridized carbons (Fsp3) is 0.429. The van der Waals surface area contributed by atoms with Gasteiger partial charge in [-0.15, -0.1) is 23.5 Å². The second kappa shape index (κ2) is 6.94. The number of carbonyl (C=O) groups excluding carboxylic acids is 1. The Morgan fingerprint density at radius 2 is 2.24 bits per heavy atom. The van der Waals surface area contributed by atoms with Crippen LogP contribution in [0, 0.1) is 0 Å². The van der Waals surface area contributed by atoms with Crippen molar-refractivity contribution in [2.24, 2.45) is 0 Å². The highest BCUT2D eigenvalue weighted by Gasteiger charge is 2.41. The van der Waals surface area contributed by atoms with Crippen molar-refractivity contribution in [1.82, 2.24) is 4.90 Å². The minimum Gasteiger partial charge on any atom is -0.480 e. The smallest absolute Gasteiger partial charge is 0.327 e. The molecule has 0 aromatic heterocycles. The Morgan fingerprint density at radius 1 is 1.52 bits per heavy atom. The molecule has 2 unspecified atom stereocenters. The van der Waals surface area contributed by atoms with Gasteiger partial charge in [-0.25, -0.2) is 4.79 Å². The van der Waals surface area contributed by atoms with Gasteiger partial charge in [0.15, 0.2) is 0 Å². The molecule has 21 heavy (non-hydrogen) atoms. The summed E-state index contributed by atoms with van der Waals surface area (Å²) in [6.45, 7) is 1.95. The molecule has 1 heterocycles. The van der Waals surface area contributed by atoms with Gasteiger partial charge in [-0.3, -0.25) is 4.79 Å². The molecule has 1 saturated heterocycles. The van der Waals surface area contributed by atoms with Crippen LogP contribution in [0.25, 0.3) is 0 Å². The number of hydrogen-bond acceptors (Lipinski definition) is 4. The fourth-order valence-corrected chi connectivity index (χ4v) is 4.26. The summed E-state index contributed by atoms with van der Waals surface area (Å²) in [7, 11) is 0. The van der Waals surface area contributed by atoms with E-state index in [2.05, 4.69) is 0 Å². The van der Waals surface area contributed by atoms with E-state index in [-0.39, 0.29) is 11.3 Å². The lowest BCUT2D eigenvalue weighted by Gasteiger charge is -2.27. The number of nitrogens with zero attached hydrogens (tertiary/aromatic N) is 1. The summed E-state index contributed by atoms with van der Waals surface area (Å²) in [4.78, 5) is 26.5. The van der Waals surface area contributed by atoms with Crippen LogP contribution in [-0.2, 0) is 4.79 Å². The van der Waals surface area contributed by atoms with Crippen molar-refractivity contribution in [1.29, 1.82) is 0 Å². The van der Waals surface area contributed by atoms with Gasteiger partial charge in [0.2, 0.25) is 0 Å². The number of benzene rings is 1. The monoisotopic (exact) mass is 345 g/mol. The molecule has 2 rings (SSSR count). The van der Waals surface area contributed by atoms with Crippen LogP contribution in [0.15, 0.2) is 23.1 Å². The summed E-state index contributed by atoms with van der Waals surface area (Å²) in [6.07, 6.45) is 2.62. The quantitative estimate of drug-likeness (QED) is 0.847. The van der Waals surface area contributed by atoms with Gasteiger partial charge in [-0.05, 0) is 30.9 Å². The standard InChI is InChI=1S/C14H16ClNO3S2/c1-3-12-16(11(7-21-12)14(18)19)13(17)9-6-8(20-2)4-5-10(9)15/h4-6,11-12H,3,7H2,1-2H3,(H,18,19). The van der Waals surface area contributed by atoms with Crippen molar-refractivity contribution < 1.29 is 14.7 Å². The molecule has 1 amide bonds. The van der Waals surface area contributed by atoms with Crippen molar-refractivity contribution >= 4 is 47.0 Å². The third-order valence-corrected chi connectivity index (χ3v) is 5.87. The van der Waals surface area contributed by atoms with Crippen LogP contribution in [0.3, 0.4) is 0 Å². The first kappa shape index (κ1) is 16.5. The zero-order valence-electron chi connectivity index (χ0n) is 11.7. The third-order valence-electron chi connectivity index (χ3n) is 3.37. The first-order chi connectivity index (χ1) is 9.99. The van der Waals surface area contributed by atoms with Crippen LogP contribution in [-0.4, -0.2) is 45.3 Å². The number of carboxylic acids is 1. The molecule has 1 N–H and O–H groups in total. The molecule has 4 nitrogen and oxygen atoms in total. The van der Waals surface area contributed by atoms with E-state index in [0.717, 1.165) is 4.90 Å². The van der Waals surface area contributed by atoms with E-state index in [1.807, 2.05) is 19.2 Å². The molecular formula is C14H16ClNO3S2. The molecule has 0 spiro atoms. The van der Waals surface area contributed by atoms with Crippen molar-refractivity contribution in [3.05, 3.63) is 28.8 Å². The minimum atomic E-state index is -0.969. The van der Waals surface area contributed by atoms with Gasteiger partial charge in [0.1, 0.15) is 6.04 Å². The number of thioether (sulfide) groups is 2. The van der Waals surface area contributed by atoms with E-state index in [1.54, 1.807) is 12.1 Å². The van der Waals surface area contributed by atoms with E-state index in [1.165, 1.54) is 28.4 Å². The molecule has 1 fully saturated rings. The zero-order valence-corrected chi connectivity index (χ0v) is 14.1. The summed E-state index contributed by atoms with van der Waals surface area (Å²) in [5.41, 5.74) is 0.371. The van der Waals surface area contributed by atoms with E-state index in [0.29, 0.717) is 22.8 Å².